The van der Waals surface area contributed by atoms with Gasteiger partial charge in [-0.05, 0) is 5.92 Å². The molecule has 1 aliphatic rings. The summed E-state index contributed by atoms with van der Waals surface area (Å²) in [7, 11) is 0. The maximum atomic E-state index is 11.7. The van der Waals surface area contributed by atoms with Gasteiger partial charge < -0.3 is 21.1 Å². The van der Waals surface area contributed by atoms with E-state index in [9.17, 15) is 9.59 Å². The van der Waals surface area contributed by atoms with Crippen molar-refractivity contribution in [1.29, 1.82) is 0 Å². The average molecular weight is 229 g/mol. The molecule has 2 unspecified atom stereocenters. The Morgan fingerprint density at radius 3 is 2.62 bits per heavy atom. The predicted molar refractivity (Wildman–Crippen MR) is 58.6 cm³/mol. The maximum absolute atomic E-state index is 11.7. The molecule has 0 spiro atoms. The highest BCUT2D eigenvalue weighted by atomic mass is 16.5. The van der Waals surface area contributed by atoms with Crippen molar-refractivity contribution in [3.05, 3.63) is 0 Å². The second-order valence-corrected chi connectivity index (χ2v) is 4.20. The van der Waals surface area contributed by atoms with Crippen molar-refractivity contribution in [3.63, 3.8) is 0 Å². The number of hydrogen-bond donors (Lipinski definition) is 3. The van der Waals surface area contributed by atoms with Crippen LogP contribution in [-0.2, 0) is 14.3 Å². The van der Waals surface area contributed by atoms with Crippen molar-refractivity contribution < 1.29 is 14.3 Å². The van der Waals surface area contributed by atoms with Crippen LogP contribution in [0.5, 0.6) is 0 Å². The molecule has 92 valence electrons. The molecule has 2 atom stereocenters. The summed E-state index contributed by atoms with van der Waals surface area (Å²) in [5.41, 5.74) is 5.21. The fourth-order valence-electron chi connectivity index (χ4n) is 1.55. The summed E-state index contributed by atoms with van der Waals surface area (Å²) in [5, 5.41) is 5.65. The zero-order valence-corrected chi connectivity index (χ0v) is 9.66. The summed E-state index contributed by atoms with van der Waals surface area (Å²) < 4.78 is 5.27. The molecule has 0 radical (unpaired) electrons. The highest BCUT2D eigenvalue weighted by Crippen LogP contribution is 2.03. The first-order chi connectivity index (χ1) is 7.52. The van der Waals surface area contributed by atoms with E-state index in [1.165, 1.54) is 0 Å². The topological polar surface area (TPSA) is 93.4 Å². The van der Waals surface area contributed by atoms with Gasteiger partial charge in [-0.25, -0.2) is 0 Å². The van der Waals surface area contributed by atoms with Gasteiger partial charge in [0.2, 0.25) is 5.91 Å². The van der Waals surface area contributed by atoms with Crippen LogP contribution < -0.4 is 16.4 Å². The van der Waals surface area contributed by atoms with Gasteiger partial charge in [-0.3, -0.25) is 9.59 Å². The van der Waals surface area contributed by atoms with Crippen LogP contribution in [0.2, 0.25) is 0 Å². The van der Waals surface area contributed by atoms with Gasteiger partial charge in [0.25, 0.3) is 5.91 Å². The first kappa shape index (κ1) is 12.9. The second kappa shape index (κ2) is 5.81. The number of hydrogen-bond acceptors (Lipinski definition) is 4. The molecule has 6 nitrogen and oxygen atoms in total. The number of amides is 2. The fourth-order valence-corrected chi connectivity index (χ4v) is 1.55. The van der Waals surface area contributed by atoms with E-state index in [1.807, 2.05) is 13.8 Å². The fraction of sp³-hybridized carbons (Fsp3) is 0.800. The molecule has 0 bridgehead atoms. The minimum atomic E-state index is -0.641. The van der Waals surface area contributed by atoms with Gasteiger partial charge in [0, 0.05) is 13.1 Å². The van der Waals surface area contributed by atoms with E-state index in [0.717, 1.165) is 6.54 Å². The SMILES string of the molecule is CC(C)C(NC(=O)C1CNCCO1)C(N)=O. The van der Waals surface area contributed by atoms with Crippen molar-refractivity contribution in [2.24, 2.45) is 11.7 Å². The predicted octanol–water partition coefficient (Wildman–Crippen LogP) is -1.40. The van der Waals surface area contributed by atoms with Crippen molar-refractivity contribution >= 4 is 11.8 Å². The van der Waals surface area contributed by atoms with Crippen LogP contribution in [0.15, 0.2) is 0 Å². The smallest absolute Gasteiger partial charge is 0.251 e. The molecule has 1 saturated heterocycles. The summed E-state index contributed by atoms with van der Waals surface area (Å²) in [6.45, 7) is 5.37. The van der Waals surface area contributed by atoms with Crippen LogP contribution in [0, 0.1) is 5.92 Å². The Bertz CT molecular complexity index is 262. The minimum absolute atomic E-state index is 0.0296. The molecular formula is C10H19N3O3. The third-order valence-corrected chi connectivity index (χ3v) is 2.49. The number of nitrogens with two attached hydrogens (primary N) is 1. The van der Waals surface area contributed by atoms with Crippen molar-refractivity contribution in [2.45, 2.75) is 26.0 Å². The molecular weight excluding hydrogens is 210 g/mol. The summed E-state index contributed by atoms with van der Waals surface area (Å²) in [4.78, 5) is 22.8. The van der Waals surface area contributed by atoms with E-state index in [-0.39, 0.29) is 11.8 Å². The maximum Gasteiger partial charge on any atom is 0.251 e. The quantitative estimate of drug-likeness (QED) is 0.553. The Kier molecular flexibility index (Phi) is 4.70. The summed E-state index contributed by atoms with van der Waals surface area (Å²) in [6, 6.07) is -0.641. The van der Waals surface area contributed by atoms with Gasteiger partial charge >= 0.3 is 0 Å². The van der Waals surface area contributed by atoms with E-state index < -0.39 is 18.1 Å². The molecule has 6 heteroatoms. The Labute approximate surface area is 94.9 Å². The van der Waals surface area contributed by atoms with E-state index in [1.54, 1.807) is 0 Å². The molecule has 0 aliphatic carbocycles. The Morgan fingerprint density at radius 1 is 1.50 bits per heavy atom. The Hall–Kier alpha value is -1.14. The molecule has 1 rings (SSSR count). The molecule has 2 amide bonds. The molecule has 16 heavy (non-hydrogen) atoms. The Balaban J connectivity index is 2.50. The van der Waals surface area contributed by atoms with Crippen molar-refractivity contribution in [2.75, 3.05) is 19.7 Å². The number of rotatable bonds is 4. The highest BCUT2D eigenvalue weighted by molar-refractivity contribution is 5.88. The highest BCUT2D eigenvalue weighted by Gasteiger charge is 2.27. The number of carbonyl (C=O) groups is 2. The lowest BCUT2D eigenvalue weighted by Gasteiger charge is -2.26. The van der Waals surface area contributed by atoms with Crippen LogP contribution in [0.3, 0.4) is 0 Å². The van der Waals surface area contributed by atoms with Gasteiger partial charge in [0.05, 0.1) is 6.61 Å². The third kappa shape index (κ3) is 3.46. The monoisotopic (exact) mass is 229 g/mol. The number of morpholine rings is 1. The largest absolute Gasteiger partial charge is 0.368 e. The van der Waals surface area contributed by atoms with E-state index in [0.29, 0.717) is 13.2 Å². The van der Waals surface area contributed by atoms with Crippen LogP contribution >= 0.6 is 0 Å². The van der Waals surface area contributed by atoms with Crippen molar-refractivity contribution in [1.82, 2.24) is 10.6 Å². The molecule has 1 heterocycles. The average Bonchev–Trinajstić information content (AvgIpc) is 2.25. The van der Waals surface area contributed by atoms with Gasteiger partial charge in [-0.15, -0.1) is 0 Å². The number of primary amides is 1. The summed E-state index contributed by atoms with van der Waals surface area (Å²) in [5.74, 6) is -0.838. The van der Waals surface area contributed by atoms with Crippen LogP contribution in [0.1, 0.15) is 13.8 Å². The zero-order valence-electron chi connectivity index (χ0n) is 9.66. The number of carbonyl (C=O) groups excluding carboxylic acids is 2. The second-order valence-electron chi connectivity index (χ2n) is 4.20. The van der Waals surface area contributed by atoms with Crippen molar-refractivity contribution in [3.8, 4) is 0 Å². The van der Waals surface area contributed by atoms with Gasteiger partial charge in [0.1, 0.15) is 12.1 Å². The standard InChI is InChI=1S/C10H19N3O3/c1-6(2)8(9(11)14)13-10(15)7-5-12-3-4-16-7/h6-8,12H,3-5H2,1-2H3,(H2,11,14)(H,13,15). The molecule has 0 aromatic carbocycles. The number of ether oxygens (including phenoxy) is 1. The van der Waals surface area contributed by atoms with Crippen LogP contribution in [0.4, 0.5) is 0 Å². The Morgan fingerprint density at radius 2 is 2.19 bits per heavy atom. The van der Waals surface area contributed by atoms with Gasteiger partial charge in [0.15, 0.2) is 0 Å². The molecule has 0 aromatic rings. The van der Waals surface area contributed by atoms with E-state index >= 15 is 0 Å². The molecule has 4 N–H and O–H groups in total. The lowest BCUT2D eigenvalue weighted by molar-refractivity contribution is -0.137. The first-order valence-corrected chi connectivity index (χ1v) is 5.44. The molecule has 0 aromatic heterocycles. The first-order valence-electron chi connectivity index (χ1n) is 5.44. The lowest BCUT2D eigenvalue weighted by Crippen LogP contribution is -2.54. The molecule has 1 aliphatic heterocycles. The number of nitrogens with one attached hydrogen (secondary N) is 2. The van der Waals surface area contributed by atoms with Gasteiger partial charge in [-0.2, -0.15) is 0 Å². The lowest BCUT2D eigenvalue weighted by atomic mass is 10.0. The normalized spacial score (nSPS) is 22.8. The third-order valence-electron chi connectivity index (χ3n) is 2.49. The zero-order chi connectivity index (χ0) is 12.1. The molecule has 1 fully saturated rings. The van der Waals surface area contributed by atoms with E-state index in [4.69, 9.17) is 10.5 Å². The summed E-state index contributed by atoms with van der Waals surface area (Å²) >= 11 is 0. The molecule has 0 saturated carbocycles. The minimum Gasteiger partial charge on any atom is -0.368 e. The summed E-state index contributed by atoms with van der Waals surface area (Å²) in [6.07, 6.45) is -0.533. The van der Waals surface area contributed by atoms with E-state index in [2.05, 4.69) is 10.6 Å². The van der Waals surface area contributed by atoms with Crippen LogP contribution in [0.25, 0.3) is 0 Å². The van der Waals surface area contributed by atoms with Gasteiger partial charge in [-0.1, -0.05) is 13.8 Å². The van der Waals surface area contributed by atoms with Crippen LogP contribution in [-0.4, -0.2) is 43.7 Å².